The Morgan fingerprint density at radius 3 is 2.68 bits per heavy atom. The molecule has 28 heavy (non-hydrogen) atoms. The molecule has 0 radical (unpaired) electrons. The molecule has 0 spiro atoms. The van der Waals surface area contributed by atoms with E-state index >= 15 is 0 Å². The standard InChI is InChI=1S/C23H25NO4/c1-28-22-9-17-18(7-13(22)11-25)23-15(4-5-21(27)20(23)12-26)16-8-14-3-2-6-24(14)10-19(16)17/h4-5,7,9,14,25-27H,2-3,6,8,10-12H2,1H3. The van der Waals surface area contributed by atoms with Gasteiger partial charge in [0.15, 0.2) is 0 Å². The van der Waals surface area contributed by atoms with Crippen molar-refractivity contribution in [1.82, 2.24) is 4.90 Å². The number of phenols is 1. The summed E-state index contributed by atoms with van der Waals surface area (Å²) in [4.78, 5) is 2.56. The topological polar surface area (TPSA) is 73.2 Å². The molecule has 0 saturated carbocycles. The molecule has 0 aromatic heterocycles. The number of nitrogens with zero attached hydrogens (tertiary/aromatic N) is 1. The van der Waals surface area contributed by atoms with Gasteiger partial charge in [0, 0.05) is 23.7 Å². The Balaban J connectivity index is 1.94. The maximum absolute atomic E-state index is 10.4. The van der Waals surface area contributed by atoms with Gasteiger partial charge < -0.3 is 20.1 Å². The van der Waals surface area contributed by atoms with Gasteiger partial charge in [-0.25, -0.2) is 0 Å². The van der Waals surface area contributed by atoms with E-state index in [0.717, 1.165) is 41.1 Å². The Kier molecular flexibility index (Phi) is 4.19. The molecule has 1 fully saturated rings. The molecule has 3 aromatic rings. The summed E-state index contributed by atoms with van der Waals surface area (Å²) in [6.07, 6.45) is 3.44. The fraction of sp³-hybridized carbons (Fsp3) is 0.391. The van der Waals surface area contributed by atoms with Crippen molar-refractivity contribution in [3.8, 4) is 11.5 Å². The van der Waals surface area contributed by atoms with Crippen LogP contribution < -0.4 is 4.74 Å². The fourth-order valence-corrected chi connectivity index (χ4v) is 5.26. The molecule has 0 bridgehead atoms. The number of hydrogen-bond donors (Lipinski definition) is 3. The van der Waals surface area contributed by atoms with Crippen LogP contribution in [0.25, 0.3) is 21.5 Å². The SMILES string of the molecule is COc1cc2c3c(c4ccc(O)c(CO)c4c2cc1CO)CC1CCCN1C3. The summed E-state index contributed by atoms with van der Waals surface area (Å²) in [5.74, 6) is 0.779. The Hall–Kier alpha value is -2.34. The van der Waals surface area contributed by atoms with Gasteiger partial charge in [-0.2, -0.15) is 0 Å². The van der Waals surface area contributed by atoms with E-state index in [1.165, 1.54) is 24.0 Å². The third-order valence-electron chi connectivity index (χ3n) is 6.62. The van der Waals surface area contributed by atoms with Gasteiger partial charge in [0.05, 0.1) is 20.3 Å². The second kappa shape index (κ2) is 6.62. The Labute approximate surface area is 163 Å². The lowest BCUT2D eigenvalue weighted by Crippen LogP contribution is -2.35. The maximum Gasteiger partial charge on any atom is 0.125 e. The molecule has 3 N–H and O–H groups in total. The molecule has 2 heterocycles. The number of rotatable bonds is 3. The van der Waals surface area contributed by atoms with Crippen LogP contribution in [-0.4, -0.2) is 39.9 Å². The molecule has 5 nitrogen and oxygen atoms in total. The van der Waals surface area contributed by atoms with Gasteiger partial charge in [-0.15, -0.1) is 0 Å². The van der Waals surface area contributed by atoms with Crippen molar-refractivity contribution in [3.05, 3.63) is 46.5 Å². The van der Waals surface area contributed by atoms with Crippen molar-refractivity contribution in [1.29, 1.82) is 0 Å². The molecule has 1 unspecified atom stereocenters. The summed E-state index contributed by atoms with van der Waals surface area (Å²) in [5.41, 5.74) is 3.88. The molecule has 1 saturated heterocycles. The lowest BCUT2D eigenvalue weighted by atomic mass is 9.83. The summed E-state index contributed by atoms with van der Waals surface area (Å²) in [6, 6.07) is 8.21. The van der Waals surface area contributed by atoms with Crippen LogP contribution >= 0.6 is 0 Å². The lowest BCUT2D eigenvalue weighted by Gasteiger charge is -2.34. The van der Waals surface area contributed by atoms with Gasteiger partial charge in [-0.05, 0) is 76.7 Å². The highest BCUT2D eigenvalue weighted by Gasteiger charge is 2.33. The molecular formula is C23H25NO4. The Morgan fingerprint density at radius 2 is 1.93 bits per heavy atom. The average molecular weight is 379 g/mol. The van der Waals surface area contributed by atoms with E-state index in [1.807, 2.05) is 18.2 Å². The highest BCUT2D eigenvalue weighted by molar-refractivity contribution is 6.13. The first-order valence-corrected chi connectivity index (χ1v) is 9.91. The minimum Gasteiger partial charge on any atom is -0.508 e. The Morgan fingerprint density at radius 1 is 1.07 bits per heavy atom. The number of methoxy groups -OCH3 is 1. The van der Waals surface area contributed by atoms with E-state index in [4.69, 9.17) is 4.74 Å². The predicted octanol–water partition coefficient (Wildman–Crippen LogP) is 3.21. The molecule has 2 aliphatic rings. The average Bonchev–Trinajstić information content (AvgIpc) is 3.18. The van der Waals surface area contributed by atoms with Crippen molar-refractivity contribution in [2.45, 2.75) is 45.1 Å². The minimum atomic E-state index is -0.229. The number of aromatic hydroxyl groups is 1. The van der Waals surface area contributed by atoms with Crippen LogP contribution in [0.2, 0.25) is 0 Å². The first-order valence-electron chi connectivity index (χ1n) is 9.91. The normalized spacial score (nSPS) is 19.2. The monoisotopic (exact) mass is 379 g/mol. The predicted molar refractivity (Wildman–Crippen MR) is 109 cm³/mol. The van der Waals surface area contributed by atoms with Crippen LogP contribution in [0, 0.1) is 0 Å². The van der Waals surface area contributed by atoms with Crippen LogP contribution in [-0.2, 0) is 26.2 Å². The van der Waals surface area contributed by atoms with Crippen LogP contribution in [0.1, 0.15) is 35.1 Å². The summed E-state index contributed by atoms with van der Waals surface area (Å²) in [6.45, 7) is 1.68. The maximum atomic E-state index is 10.4. The molecule has 0 amide bonds. The van der Waals surface area contributed by atoms with Gasteiger partial charge in [0.2, 0.25) is 0 Å². The zero-order valence-electron chi connectivity index (χ0n) is 16.0. The van der Waals surface area contributed by atoms with Crippen molar-refractivity contribution in [2.75, 3.05) is 13.7 Å². The van der Waals surface area contributed by atoms with Crippen LogP contribution in [0.5, 0.6) is 11.5 Å². The number of fused-ring (bicyclic) bond motifs is 7. The first-order chi connectivity index (χ1) is 13.7. The summed E-state index contributed by atoms with van der Waals surface area (Å²) >= 11 is 0. The lowest BCUT2D eigenvalue weighted by molar-refractivity contribution is 0.229. The van der Waals surface area contributed by atoms with Crippen molar-refractivity contribution < 1.29 is 20.1 Å². The number of hydrogen-bond acceptors (Lipinski definition) is 5. The largest absolute Gasteiger partial charge is 0.508 e. The number of aliphatic hydroxyl groups excluding tert-OH is 2. The molecule has 3 aromatic carbocycles. The van der Waals surface area contributed by atoms with Gasteiger partial charge in [0.25, 0.3) is 0 Å². The summed E-state index contributed by atoms with van der Waals surface area (Å²) in [7, 11) is 1.62. The third-order valence-corrected chi connectivity index (χ3v) is 6.62. The number of aliphatic hydroxyl groups is 2. The fourth-order valence-electron chi connectivity index (χ4n) is 5.26. The zero-order chi connectivity index (χ0) is 19.4. The van der Waals surface area contributed by atoms with E-state index in [2.05, 4.69) is 4.90 Å². The van der Waals surface area contributed by atoms with E-state index in [1.54, 1.807) is 13.2 Å². The quantitative estimate of drug-likeness (QED) is 0.610. The number of ether oxygens (including phenoxy) is 1. The van der Waals surface area contributed by atoms with Gasteiger partial charge in [-0.1, -0.05) is 6.07 Å². The van der Waals surface area contributed by atoms with Crippen molar-refractivity contribution in [2.24, 2.45) is 0 Å². The van der Waals surface area contributed by atoms with Gasteiger partial charge >= 0.3 is 0 Å². The molecule has 2 aliphatic heterocycles. The molecule has 0 aliphatic carbocycles. The highest BCUT2D eigenvalue weighted by atomic mass is 16.5. The zero-order valence-corrected chi connectivity index (χ0v) is 16.0. The highest BCUT2D eigenvalue weighted by Crippen LogP contribution is 2.44. The van der Waals surface area contributed by atoms with Crippen LogP contribution in [0.4, 0.5) is 0 Å². The molecular weight excluding hydrogens is 354 g/mol. The van der Waals surface area contributed by atoms with Crippen molar-refractivity contribution in [3.63, 3.8) is 0 Å². The van der Waals surface area contributed by atoms with Crippen molar-refractivity contribution >= 4 is 21.5 Å². The Bertz CT molecular complexity index is 1090. The molecule has 5 rings (SSSR count). The molecule has 5 heteroatoms. The second-order valence-corrected chi connectivity index (χ2v) is 7.94. The first kappa shape index (κ1) is 17.7. The van der Waals surface area contributed by atoms with Crippen LogP contribution in [0.3, 0.4) is 0 Å². The molecule has 1 atom stereocenters. The second-order valence-electron chi connectivity index (χ2n) is 7.94. The summed E-state index contributed by atoms with van der Waals surface area (Å²) in [5, 5.41) is 34.3. The van der Waals surface area contributed by atoms with E-state index in [9.17, 15) is 15.3 Å². The van der Waals surface area contributed by atoms with E-state index < -0.39 is 0 Å². The van der Waals surface area contributed by atoms with E-state index in [-0.39, 0.29) is 19.0 Å². The van der Waals surface area contributed by atoms with Gasteiger partial charge in [0.1, 0.15) is 11.5 Å². The minimum absolute atomic E-state index is 0.107. The third kappa shape index (κ3) is 2.43. The molecule has 146 valence electrons. The smallest absolute Gasteiger partial charge is 0.125 e. The van der Waals surface area contributed by atoms with Crippen LogP contribution in [0.15, 0.2) is 24.3 Å². The van der Waals surface area contributed by atoms with E-state index in [0.29, 0.717) is 22.9 Å². The summed E-state index contributed by atoms with van der Waals surface area (Å²) < 4.78 is 5.54. The van der Waals surface area contributed by atoms with Gasteiger partial charge in [-0.3, -0.25) is 4.90 Å². The number of benzene rings is 3.